The van der Waals surface area contributed by atoms with E-state index in [0.717, 1.165) is 12.8 Å². The molecule has 0 saturated heterocycles. The fourth-order valence-electron chi connectivity index (χ4n) is 2.49. The molecule has 1 saturated carbocycles. The molecule has 1 aliphatic carbocycles. The van der Waals surface area contributed by atoms with Crippen LogP contribution in [0.25, 0.3) is 0 Å². The Morgan fingerprint density at radius 2 is 1.80 bits per heavy atom. The van der Waals surface area contributed by atoms with Crippen molar-refractivity contribution in [1.82, 2.24) is 5.32 Å². The van der Waals surface area contributed by atoms with Gasteiger partial charge in [-0.05, 0) is 31.0 Å². The first kappa shape index (κ1) is 14.9. The molecule has 0 radical (unpaired) electrons. The van der Waals surface area contributed by atoms with Crippen molar-refractivity contribution in [2.75, 3.05) is 0 Å². The molecule has 0 spiro atoms. The van der Waals surface area contributed by atoms with Gasteiger partial charge in [0.15, 0.2) is 5.84 Å². The van der Waals surface area contributed by atoms with Crippen LogP contribution in [0.2, 0.25) is 10.0 Å². The molecular formula is C13H15Cl2N3O2. The molecule has 5 nitrogen and oxygen atoms in total. The summed E-state index contributed by atoms with van der Waals surface area (Å²) >= 11 is 11.8. The summed E-state index contributed by atoms with van der Waals surface area (Å²) < 4.78 is 0. The highest BCUT2D eigenvalue weighted by molar-refractivity contribution is 6.35. The first-order valence-corrected chi connectivity index (χ1v) is 6.99. The van der Waals surface area contributed by atoms with Crippen molar-refractivity contribution in [3.8, 4) is 0 Å². The van der Waals surface area contributed by atoms with Gasteiger partial charge in [0, 0.05) is 15.6 Å². The Hall–Kier alpha value is -1.46. The molecule has 2 rings (SSSR count). The second kappa shape index (κ2) is 5.89. The number of nitrogens with zero attached hydrogens (tertiary/aromatic N) is 1. The predicted molar refractivity (Wildman–Crippen MR) is 78.5 cm³/mol. The number of halogens is 2. The van der Waals surface area contributed by atoms with Gasteiger partial charge in [-0.3, -0.25) is 4.79 Å². The fraction of sp³-hybridized carbons (Fsp3) is 0.385. The van der Waals surface area contributed by atoms with Crippen molar-refractivity contribution in [3.63, 3.8) is 0 Å². The lowest BCUT2D eigenvalue weighted by Gasteiger charge is -2.28. The number of rotatable bonds is 3. The van der Waals surface area contributed by atoms with Crippen LogP contribution in [0.1, 0.15) is 36.0 Å². The Balaban J connectivity index is 2.25. The molecule has 20 heavy (non-hydrogen) atoms. The number of amides is 1. The maximum atomic E-state index is 12.3. The second-order valence-electron chi connectivity index (χ2n) is 4.89. The number of nitrogens with one attached hydrogen (secondary N) is 1. The van der Waals surface area contributed by atoms with E-state index >= 15 is 0 Å². The molecule has 0 aromatic heterocycles. The Kier molecular flexibility index (Phi) is 4.40. The standard InChI is InChI=1S/C13H15Cl2N3O2/c14-9-5-8(6-10(15)7-9)11(19)17-13(12(16)18-20)3-1-2-4-13/h5-7,20H,1-4H2,(H2,16,18)(H,17,19). The molecule has 0 heterocycles. The Morgan fingerprint density at radius 1 is 1.25 bits per heavy atom. The van der Waals surface area contributed by atoms with Gasteiger partial charge in [-0.15, -0.1) is 0 Å². The number of benzene rings is 1. The van der Waals surface area contributed by atoms with Crippen LogP contribution in [0.3, 0.4) is 0 Å². The van der Waals surface area contributed by atoms with E-state index in [9.17, 15) is 4.79 Å². The molecule has 1 aromatic rings. The smallest absolute Gasteiger partial charge is 0.252 e. The molecule has 0 unspecified atom stereocenters. The van der Waals surface area contributed by atoms with E-state index in [1.54, 1.807) is 6.07 Å². The summed E-state index contributed by atoms with van der Waals surface area (Å²) in [5.74, 6) is -0.320. The monoisotopic (exact) mass is 315 g/mol. The van der Waals surface area contributed by atoms with Gasteiger partial charge in [-0.1, -0.05) is 41.2 Å². The molecule has 0 atom stereocenters. The minimum absolute atomic E-state index is 0.0245. The van der Waals surface area contributed by atoms with E-state index in [2.05, 4.69) is 10.5 Å². The van der Waals surface area contributed by atoms with E-state index in [4.69, 9.17) is 34.1 Å². The van der Waals surface area contributed by atoms with E-state index < -0.39 is 5.54 Å². The summed E-state index contributed by atoms with van der Waals surface area (Å²) in [6.07, 6.45) is 3.10. The summed E-state index contributed by atoms with van der Waals surface area (Å²) in [6.45, 7) is 0. The van der Waals surface area contributed by atoms with E-state index in [0.29, 0.717) is 28.5 Å². The largest absolute Gasteiger partial charge is 0.409 e. The third-order valence-electron chi connectivity index (χ3n) is 3.53. The highest BCUT2D eigenvalue weighted by atomic mass is 35.5. The molecule has 7 heteroatoms. The van der Waals surface area contributed by atoms with Crippen molar-refractivity contribution < 1.29 is 10.0 Å². The van der Waals surface area contributed by atoms with Crippen LogP contribution < -0.4 is 11.1 Å². The molecule has 0 aliphatic heterocycles. The second-order valence-corrected chi connectivity index (χ2v) is 5.76. The van der Waals surface area contributed by atoms with Gasteiger partial charge in [0.1, 0.15) is 5.54 Å². The molecule has 0 bridgehead atoms. The zero-order chi connectivity index (χ0) is 14.8. The van der Waals surface area contributed by atoms with E-state index in [-0.39, 0.29) is 11.7 Å². The van der Waals surface area contributed by atoms with Gasteiger partial charge in [-0.2, -0.15) is 0 Å². The molecule has 4 N–H and O–H groups in total. The first-order valence-electron chi connectivity index (χ1n) is 6.23. The van der Waals surface area contributed by atoms with Crippen LogP contribution in [-0.4, -0.2) is 22.5 Å². The lowest BCUT2D eigenvalue weighted by atomic mass is 9.95. The molecule has 1 amide bonds. The van der Waals surface area contributed by atoms with Crippen molar-refractivity contribution in [1.29, 1.82) is 0 Å². The van der Waals surface area contributed by atoms with Crippen LogP contribution in [0.5, 0.6) is 0 Å². The molecule has 1 fully saturated rings. The van der Waals surface area contributed by atoms with Crippen molar-refractivity contribution in [3.05, 3.63) is 33.8 Å². The van der Waals surface area contributed by atoms with Crippen LogP contribution in [0.4, 0.5) is 0 Å². The topological polar surface area (TPSA) is 87.7 Å². The van der Waals surface area contributed by atoms with Crippen LogP contribution in [0, 0.1) is 0 Å². The number of carbonyl (C=O) groups is 1. The summed E-state index contributed by atoms with van der Waals surface area (Å²) in [5.41, 5.74) is 5.29. The lowest BCUT2D eigenvalue weighted by molar-refractivity contribution is 0.0922. The number of oxime groups is 1. The average molecular weight is 316 g/mol. The first-order chi connectivity index (χ1) is 9.47. The maximum Gasteiger partial charge on any atom is 0.252 e. The quantitative estimate of drug-likeness (QED) is 0.347. The minimum atomic E-state index is -0.791. The Morgan fingerprint density at radius 3 is 2.30 bits per heavy atom. The van der Waals surface area contributed by atoms with Crippen molar-refractivity contribution in [2.24, 2.45) is 10.9 Å². The molecule has 1 aliphatic rings. The molecule has 108 valence electrons. The zero-order valence-corrected chi connectivity index (χ0v) is 12.2. The number of hydrogen-bond acceptors (Lipinski definition) is 3. The summed E-state index contributed by atoms with van der Waals surface area (Å²) in [6, 6.07) is 4.60. The number of carbonyl (C=O) groups excluding carboxylic acids is 1. The Labute approximate surface area is 126 Å². The number of hydrogen-bond donors (Lipinski definition) is 3. The summed E-state index contributed by atoms with van der Waals surface area (Å²) in [5, 5.41) is 15.6. The van der Waals surface area contributed by atoms with Gasteiger partial charge < -0.3 is 16.3 Å². The van der Waals surface area contributed by atoms with Gasteiger partial charge in [0.05, 0.1) is 0 Å². The van der Waals surface area contributed by atoms with Gasteiger partial charge in [-0.25, -0.2) is 0 Å². The van der Waals surface area contributed by atoms with Crippen molar-refractivity contribution in [2.45, 2.75) is 31.2 Å². The molecule has 1 aromatic carbocycles. The minimum Gasteiger partial charge on any atom is -0.409 e. The van der Waals surface area contributed by atoms with Gasteiger partial charge >= 0.3 is 0 Å². The van der Waals surface area contributed by atoms with Crippen LogP contribution in [-0.2, 0) is 0 Å². The van der Waals surface area contributed by atoms with E-state index in [1.807, 2.05) is 0 Å². The normalized spacial score (nSPS) is 18.0. The average Bonchev–Trinajstić information content (AvgIpc) is 2.86. The zero-order valence-electron chi connectivity index (χ0n) is 10.7. The summed E-state index contributed by atoms with van der Waals surface area (Å²) in [4.78, 5) is 12.3. The van der Waals surface area contributed by atoms with Crippen LogP contribution >= 0.6 is 23.2 Å². The SMILES string of the molecule is N/C(=N/O)C1(NC(=O)c2cc(Cl)cc(Cl)c2)CCCC1. The Bertz CT molecular complexity index is 534. The fourth-order valence-corrected chi connectivity index (χ4v) is 3.02. The lowest BCUT2D eigenvalue weighted by Crippen LogP contribution is -2.55. The maximum absolute atomic E-state index is 12.3. The third-order valence-corrected chi connectivity index (χ3v) is 3.97. The van der Waals surface area contributed by atoms with Crippen molar-refractivity contribution >= 4 is 34.9 Å². The molecular weight excluding hydrogens is 301 g/mol. The predicted octanol–water partition coefficient (Wildman–Crippen LogP) is 2.78. The third kappa shape index (κ3) is 2.99. The number of nitrogens with two attached hydrogens (primary N) is 1. The number of amidine groups is 1. The van der Waals surface area contributed by atoms with Crippen LogP contribution in [0.15, 0.2) is 23.4 Å². The van der Waals surface area contributed by atoms with Gasteiger partial charge in [0.2, 0.25) is 0 Å². The van der Waals surface area contributed by atoms with Gasteiger partial charge in [0.25, 0.3) is 5.91 Å². The highest BCUT2D eigenvalue weighted by Crippen LogP contribution is 2.30. The summed E-state index contributed by atoms with van der Waals surface area (Å²) in [7, 11) is 0. The van der Waals surface area contributed by atoms with E-state index in [1.165, 1.54) is 12.1 Å². The highest BCUT2D eigenvalue weighted by Gasteiger charge is 2.40.